The number of aryl methyl sites for hydroxylation is 1. The lowest BCUT2D eigenvalue weighted by Crippen LogP contribution is -2.31. The smallest absolute Gasteiger partial charge is 0.253 e. The Balaban J connectivity index is 1.56. The Labute approximate surface area is 164 Å². The summed E-state index contributed by atoms with van der Waals surface area (Å²) >= 11 is 0. The van der Waals surface area contributed by atoms with Gasteiger partial charge in [-0.05, 0) is 31.2 Å². The van der Waals surface area contributed by atoms with Gasteiger partial charge in [-0.15, -0.1) is 0 Å². The van der Waals surface area contributed by atoms with E-state index in [1.54, 1.807) is 10.9 Å². The topological polar surface area (TPSA) is 90.5 Å². The summed E-state index contributed by atoms with van der Waals surface area (Å²) < 4.78 is 3.86. The zero-order valence-corrected chi connectivity index (χ0v) is 16.7. The van der Waals surface area contributed by atoms with Crippen LogP contribution in [-0.4, -0.2) is 35.2 Å². The number of nitrogens with one attached hydrogen (secondary N) is 1. The molecular weight excluding hydrogens is 354 g/mol. The van der Waals surface area contributed by atoms with Gasteiger partial charge >= 0.3 is 0 Å². The van der Waals surface area contributed by atoms with Crippen LogP contribution in [0.1, 0.15) is 74.2 Å². The second kappa shape index (κ2) is 7.69. The minimum absolute atomic E-state index is 0.168. The molecule has 1 atom stereocenters. The SMILES string of the molecule is CC(C)CC(NC(=O)c1cnc2c(c1)ncn2C1CCCC1)c1ncnn1C. The van der Waals surface area contributed by atoms with Crippen molar-refractivity contribution in [1.82, 2.24) is 34.6 Å². The van der Waals surface area contributed by atoms with Gasteiger partial charge < -0.3 is 9.88 Å². The van der Waals surface area contributed by atoms with Crippen molar-refractivity contribution in [3.05, 3.63) is 36.3 Å². The highest BCUT2D eigenvalue weighted by atomic mass is 16.1. The van der Waals surface area contributed by atoms with E-state index in [2.05, 4.69) is 43.8 Å². The highest BCUT2D eigenvalue weighted by Gasteiger charge is 2.23. The second-order valence-corrected chi connectivity index (χ2v) is 8.05. The van der Waals surface area contributed by atoms with Crippen molar-refractivity contribution >= 4 is 17.1 Å². The molecule has 28 heavy (non-hydrogen) atoms. The largest absolute Gasteiger partial charge is 0.342 e. The maximum atomic E-state index is 12.9. The molecule has 3 aromatic heterocycles. The summed E-state index contributed by atoms with van der Waals surface area (Å²) in [7, 11) is 1.84. The number of carbonyl (C=O) groups excluding carboxylic acids is 1. The average Bonchev–Trinajstić information content (AvgIpc) is 3.40. The van der Waals surface area contributed by atoms with Crippen molar-refractivity contribution in [2.45, 2.75) is 58.0 Å². The highest BCUT2D eigenvalue weighted by molar-refractivity contribution is 5.96. The van der Waals surface area contributed by atoms with E-state index in [1.807, 2.05) is 19.4 Å². The lowest BCUT2D eigenvalue weighted by Gasteiger charge is -2.19. The molecule has 1 unspecified atom stereocenters. The third kappa shape index (κ3) is 3.63. The van der Waals surface area contributed by atoms with Gasteiger partial charge in [-0.3, -0.25) is 9.48 Å². The Morgan fingerprint density at radius 3 is 2.71 bits per heavy atom. The van der Waals surface area contributed by atoms with Crippen molar-refractivity contribution in [2.24, 2.45) is 13.0 Å². The van der Waals surface area contributed by atoms with Gasteiger partial charge in [-0.25, -0.2) is 15.0 Å². The van der Waals surface area contributed by atoms with Gasteiger partial charge in [0.25, 0.3) is 5.91 Å². The molecule has 148 valence electrons. The number of amides is 1. The van der Waals surface area contributed by atoms with Crippen LogP contribution >= 0.6 is 0 Å². The van der Waals surface area contributed by atoms with E-state index in [9.17, 15) is 4.79 Å². The van der Waals surface area contributed by atoms with Crippen LogP contribution in [0.2, 0.25) is 0 Å². The monoisotopic (exact) mass is 381 g/mol. The van der Waals surface area contributed by atoms with Crippen molar-refractivity contribution < 1.29 is 4.79 Å². The quantitative estimate of drug-likeness (QED) is 0.708. The van der Waals surface area contributed by atoms with Gasteiger partial charge in [0.2, 0.25) is 0 Å². The molecule has 0 radical (unpaired) electrons. The molecular formula is C20H27N7O. The highest BCUT2D eigenvalue weighted by Crippen LogP contribution is 2.31. The molecule has 1 N–H and O–H groups in total. The molecule has 0 bridgehead atoms. The first-order valence-corrected chi connectivity index (χ1v) is 10.00. The van der Waals surface area contributed by atoms with E-state index >= 15 is 0 Å². The van der Waals surface area contributed by atoms with E-state index in [0.29, 0.717) is 17.5 Å². The van der Waals surface area contributed by atoms with Crippen LogP contribution in [0.25, 0.3) is 11.2 Å². The number of imidazole rings is 1. The molecule has 1 amide bonds. The Morgan fingerprint density at radius 2 is 2.04 bits per heavy atom. The minimum Gasteiger partial charge on any atom is -0.342 e. The molecule has 0 aliphatic heterocycles. The predicted octanol–water partition coefficient (Wildman–Crippen LogP) is 3.19. The Kier molecular flexibility index (Phi) is 5.11. The summed E-state index contributed by atoms with van der Waals surface area (Å²) in [5.41, 5.74) is 2.13. The van der Waals surface area contributed by atoms with Gasteiger partial charge in [0.1, 0.15) is 17.7 Å². The summed E-state index contributed by atoms with van der Waals surface area (Å²) in [6.07, 6.45) is 10.6. The van der Waals surface area contributed by atoms with E-state index in [1.165, 1.54) is 32.0 Å². The minimum atomic E-state index is -0.202. The molecule has 1 fully saturated rings. The van der Waals surface area contributed by atoms with Crippen molar-refractivity contribution in [3.63, 3.8) is 0 Å². The maximum Gasteiger partial charge on any atom is 0.253 e. The Hall–Kier alpha value is -2.77. The Morgan fingerprint density at radius 1 is 1.25 bits per heavy atom. The lowest BCUT2D eigenvalue weighted by molar-refractivity contribution is 0.0929. The predicted molar refractivity (Wildman–Crippen MR) is 106 cm³/mol. The first kappa shape index (κ1) is 18.6. The van der Waals surface area contributed by atoms with Crippen LogP contribution in [0, 0.1) is 5.92 Å². The van der Waals surface area contributed by atoms with Crippen molar-refractivity contribution in [3.8, 4) is 0 Å². The first-order chi connectivity index (χ1) is 13.5. The molecule has 4 rings (SSSR count). The number of pyridine rings is 1. The summed E-state index contributed by atoms with van der Waals surface area (Å²) in [5, 5.41) is 7.23. The van der Waals surface area contributed by atoms with Crippen LogP contribution in [0.3, 0.4) is 0 Å². The molecule has 3 aromatic rings. The molecule has 8 nitrogen and oxygen atoms in total. The fourth-order valence-electron chi connectivity index (χ4n) is 4.06. The molecule has 8 heteroatoms. The number of hydrogen-bond acceptors (Lipinski definition) is 5. The van der Waals surface area contributed by atoms with Gasteiger partial charge in [-0.1, -0.05) is 26.7 Å². The number of nitrogens with zero attached hydrogens (tertiary/aromatic N) is 6. The Bertz CT molecular complexity index is 968. The molecule has 0 aromatic carbocycles. The van der Waals surface area contributed by atoms with Gasteiger partial charge in [-0.2, -0.15) is 5.10 Å². The average molecular weight is 381 g/mol. The van der Waals surface area contributed by atoms with E-state index in [4.69, 9.17) is 0 Å². The van der Waals surface area contributed by atoms with Gasteiger partial charge in [0, 0.05) is 19.3 Å². The normalized spacial score (nSPS) is 16.1. The summed E-state index contributed by atoms with van der Waals surface area (Å²) in [5.74, 6) is 0.991. The number of carbonyl (C=O) groups is 1. The fraction of sp³-hybridized carbons (Fsp3) is 0.550. The van der Waals surface area contributed by atoms with Gasteiger partial charge in [0.05, 0.1) is 17.9 Å². The van der Waals surface area contributed by atoms with Crippen LogP contribution < -0.4 is 5.32 Å². The molecule has 1 aliphatic carbocycles. The molecule has 0 saturated heterocycles. The zero-order chi connectivity index (χ0) is 19.7. The molecule has 0 spiro atoms. The van der Waals surface area contributed by atoms with Crippen LogP contribution in [-0.2, 0) is 7.05 Å². The van der Waals surface area contributed by atoms with Crippen molar-refractivity contribution in [1.29, 1.82) is 0 Å². The van der Waals surface area contributed by atoms with Crippen molar-refractivity contribution in [2.75, 3.05) is 0 Å². The fourth-order valence-corrected chi connectivity index (χ4v) is 4.06. The molecule has 1 aliphatic rings. The van der Waals surface area contributed by atoms with Crippen LogP contribution in [0.15, 0.2) is 24.9 Å². The molecule has 1 saturated carbocycles. The third-order valence-corrected chi connectivity index (χ3v) is 5.46. The van der Waals surface area contributed by atoms with Gasteiger partial charge in [0.15, 0.2) is 5.65 Å². The van der Waals surface area contributed by atoms with E-state index in [0.717, 1.165) is 23.4 Å². The summed E-state index contributed by atoms with van der Waals surface area (Å²) in [6, 6.07) is 2.10. The summed E-state index contributed by atoms with van der Waals surface area (Å²) in [4.78, 5) is 26.3. The van der Waals surface area contributed by atoms with E-state index < -0.39 is 0 Å². The standard InChI is InChI=1S/C20H27N7O/c1-13(2)8-17(18-22-11-24-26(18)3)25-20(28)14-9-16-19(21-10-14)27(12-23-16)15-6-4-5-7-15/h9-13,15,17H,4-8H2,1-3H3,(H,25,28). The number of rotatable bonds is 6. The lowest BCUT2D eigenvalue weighted by atomic mass is 10.0. The first-order valence-electron chi connectivity index (χ1n) is 10.00. The van der Waals surface area contributed by atoms with Crippen LogP contribution in [0.4, 0.5) is 0 Å². The van der Waals surface area contributed by atoms with Crippen LogP contribution in [0.5, 0.6) is 0 Å². The van der Waals surface area contributed by atoms with E-state index in [-0.39, 0.29) is 11.9 Å². The second-order valence-electron chi connectivity index (χ2n) is 8.05. The molecule has 3 heterocycles. The number of fused-ring (bicyclic) bond motifs is 1. The third-order valence-electron chi connectivity index (χ3n) is 5.46. The number of hydrogen-bond donors (Lipinski definition) is 1. The summed E-state index contributed by atoms with van der Waals surface area (Å²) in [6.45, 7) is 4.25. The maximum absolute atomic E-state index is 12.9. The zero-order valence-electron chi connectivity index (χ0n) is 16.7. The number of aromatic nitrogens is 6.